The lowest BCUT2D eigenvalue weighted by molar-refractivity contribution is 0.0987. The summed E-state index contributed by atoms with van der Waals surface area (Å²) >= 11 is 0. The van der Waals surface area contributed by atoms with Crippen molar-refractivity contribution in [3.05, 3.63) is 53.3 Å². The minimum Gasteiger partial charge on any atom is -0.388 e. The summed E-state index contributed by atoms with van der Waals surface area (Å²) in [6.45, 7) is 6.65. The Morgan fingerprint density at radius 1 is 1.30 bits per heavy atom. The lowest BCUT2D eigenvalue weighted by Crippen LogP contribution is -2.26. The first-order valence-electron chi connectivity index (χ1n) is 7.48. The Bertz CT molecular complexity index is 624. The smallest absolute Gasteiger partial charge is 0.0812 e. The Balaban J connectivity index is 2.08. The Morgan fingerprint density at radius 3 is 2.85 bits per heavy atom. The molecule has 0 saturated carbocycles. The van der Waals surface area contributed by atoms with Crippen molar-refractivity contribution in [3.63, 3.8) is 0 Å². The van der Waals surface area contributed by atoms with Crippen LogP contribution in [-0.2, 0) is 12.8 Å². The number of aromatic nitrogens is 1. The van der Waals surface area contributed by atoms with E-state index < -0.39 is 0 Å². The lowest BCUT2D eigenvalue weighted by Gasteiger charge is -2.34. The van der Waals surface area contributed by atoms with Crippen LogP contribution in [0.4, 0.5) is 0 Å². The van der Waals surface area contributed by atoms with Gasteiger partial charge in [-0.15, -0.1) is 0 Å². The van der Waals surface area contributed by atoms with E-state index in [1.165, 1.54) is 16.9 Å². The molecule has 3 rings (SSSR count). The van der Waals surface area contributed by atoms with E-state index in [1.54, 1.807) is 0 Å². The van der Waals surface area contributed by atoms with Crippen LogP contribution in [0.15, 0.2) is 36.5 Å². The molecule has 1 unspecified atom stereocenters. The summed E-state index contributed by atoms with van der Waals surface area (Å²) in [4.78, 5) is 0. The summed E-state index contributed by atoms with van der Waals surface area (Å²) in [5.74, 6) is 0. The van der Waals surface area contributed by atoms with Crippen LogP contribution in [0, 0.1) is 5.41 Å². The van der Waals surface area contributed by atoms with Gasteiger partial charge < -0.3 is 9.67 Å². The highest BCUT2D eigenvalue weighted by Crippen LogP contribution is 2.41. The molecule has 0 spiro atoms. The Morgan fingerprint density at radius 2 is 2.10 bits per heavy atom. The minimum absolute atomic E-state index is 0.158. The van der Waals surface area contributed by atoms with Gasteiger partial charge in [-0.1, -0.05) is 32.9 Å². The molecule has 1 N–H and O–H groups in total. The molecule has 1 aliphatic carbocycles. The third-order valence-electron chi connectivity index (χ3n) is 4.38. The molecular weight excluding hydrogens is 246 g/mol. The first kappa shape index (κ1) is 13.4. The number of hydrogen-bond acceptors (Lipinski definition) is 1. The highest BCUT2D eigenvalue weighted by Gasteiger charge is 2.33. The number of nitrogens with zero attached hydrogens (tertiary/aromatic N) is 1. The fourth-order valence-corrected chi connectivity index (χ4v) is 3.30. The first-order chi connectivity index (χ1) is 9.50. The molecule has 2 heteroatoms. The monoisotopic (exact) mass is 269 g/mol. The molecular formula is C18H23NO. The topological polar surface area (TPSA) is 25.2 Å². The van der Waals surface area contributed by atoms with Gasteiger partial charge in [-0.3, -0.25) is 0 Å². The van der Waals surface area contributed by atoms with E-state index >= 15 is 0 Å². The number of fused-ring (bicyclic) bond motifs is 1. The van der Waals surface area contributed by atoms with Crippen molar-refractivity contribution in [2.24, 2.45) is 5.41 Å². The summed E-state index contributed by atoms with van der Waals surface area (Å²) in [7, 11) is 0. The normalized spacial score (nSPS) is 20.7. The van der Waals surface area contributed by atoms with Gasteiger partial charge in [-0.05, 0) is 48.4 Å². The molecule has 0 aliphatic heterocycles. The molecule has 1 aliphatic rings. The van der Waals surface area contributed by atoms with Crippen LogP contribution in [0.25, 0.3) is 5.69 Å². The largest absolute Gasteiger partial charge is 0.388 e. The van der Waals surface area contributed by atoms with Crippen molar-refractivity contribution in [3.8, 4) is 5.69 Å². The molecule has 1 aromatic heterocycles. The average molecular weight is 269 g/mol. The maximum Gasteiger partial charge on any atom is 0.0812 e. The number of aliphatic hydroxyl groups excluding tert-OH is 1. The van der Waals surface area contributed by atoms with Crippen LogP contribution < -0.4 is 0 Å². The molecule has 0 saturated heterocycles. The summed E-state index contributed by atoms with van der Waals surface area (Å²) in [5.41, 5.74) is 5.08. The van der Waals surface area contributed by atoms with Gasteiger partial charge in [-0.25, -0.2) is 0 Å². The molecule has 2 nitrogen and oxygen atoms in total. The molecule has 2 aromatic rings. The Hall–Kier alpha value is -1.54. The average Bonchev–Trinajstić information content (AvgIpc) is 2.81. The zero-order valence-corrected chi connectivity index (χ0v) is 12.6. The molecule has 1 atom stereocenters. The van der Waals surface area contributed by atoms with Gasteiger partial charge in [0.2, 0.25) is 0 Å². The standard InChI is InChI=1S/C18H23NO/c1-4-13-6-5-7-14(10-13)19-9-8-15-16(19)11-18(2,3)12-17(15)20/h5-10,17,20H,4,11-12H2,1-3H3. The summed E-state index contributed by atoms with van der Waals surface area (Å²) in [6, 6.07) is 10.7. The molecule has 0 fully saturated rings. The highest BCUT2D eigenvalue weighted by atomic mass is 16.3. The second-order valence-electron chi connectivity index (χ2n) is 6.67. The Labute approximate surface area is 121 Å². The van der Waals surface area contributed by atoms with Crippen LogP contribution in [0.1, 0.15) is 50.1 Å². The van der Waals surface area contributed by atoms with Crippen LogP contribution in [-0.4, -0.2) is 9.67 Å². The number of aliphatic hydroxyl groups is 1. The maximum atomic E-state index is 10.3. The van der Waals surface area contributed by atoms with Crippen molar-refractivity contribution in [1.82, 2.24) is 4.57 Å². The van der Waals surface area contributed by atoms with E-state index in [0.29, 0.717) is 0 Å². The molecule has 1 aromatic carbocycles. The van der Waals surface area contributed by atoms with E-state index in [9.17, 15) is 5.11 Å². The van der Waals surface area contributed by atoms with Gasteiger partial charge in [0.05, 0.1) is 6.10 Å². The zero-order chi connectivity index (χ0) is 14.3. The predicted molar refractivity (Wildman–Crippen MR) is 82.2 cm³/mol. The fourth-order valence-electron chi connectivity index (χ4n) is 3.30. The van der Waals surface area contributed by atoms with Gasteiger partial charge >= 0.3 is 0 Å². The van der Waals surface area contributed by atoms with Crippen molar-refractivity contribution < 1.29 is 5.11 Å². The summed E-state index contributed by atoms with van der Waals surface area (Å²) < 4.78 is 2.25. The van der Waals surface area contributed by atoms with Crippen LogP contribution in [0.5, 0.6) is 0 Å². The fraction of sp³-hybridized carbons (Fsp3) is 0.444. The quantitative estimate of drug-likeness (QED) is 0.874. The van der Waals surface area contributed by atoms with Crippen molar-refractivity contribution in [1.29, 1.82) is 0 Å². The van der Waals surface area contributed by atoms with Crippen LogP contribution in [0.2, 0.25) is 0 Å². The third kappa shape index (κ3) is 2.29. The molecule has 0 bridgehead atoms. The van der Waals surface area contributed by atoms with E-state index in [4.69, 9.17) is 0 Å². The van der Waals surface area contributed by atoms with Gasteiger partial charge in [0, 0.05) is 23.1 Å². The van der Waals surface area contributed by atoms with Crippen LogP contribution >= 0.6 is 0 Å². The lowest BCUT2D eigenvalue weighted by atomic mass is 9.75. The number of aryl methyl sites for hydroxylation is 1. The number of benzene rings is 1. The molecule has 0 amide bonds. The zero-order valence-electron chi connectivity index (χ0n) is 12.6. The minimum atomic E-state index is -0.329. The highest BCUT2D eigenvalue weighted by molar-refractivity contribution is 5.42. The summed E-state index contributed by atoms with van der Waals surface area (Å²) in [5, 5.41) is 10.3. The number of rotatable bonds is 2. The van der Waals surface area contributed by atoms with Crippen molar-refractivity contribution in [2.75, 3.05) is 0 Å². The van der Waals surface area contributed by atoms with Gasteiger partial charge in [-0.2, -0.15) is 0 Å². The molecule has 1 heterocycles. The maximum absolute atomic E-state index is 10.3. The molecule has 0 radical (unpaired) electrons. The van der Waals surface area contributed by atoms with E-state index in [0.717, 1.165) is 24.8 Å². The Kier molecular flexibility index (Phi) is 3.21. The van der Waals surface area contributed by atoms with Gasteiger partial charge in [0.15, 0.2) is 0 Å². The second-order valence-corrected chi connectivity index (χ2v) is 6.67. The second kappa shape index (κ2) is 4.78. The predicted octanol–water partition coefficient (Wildman–Crippen LogP) is 4.05. The van der Waals surface area contributed by atoms with Gasteiger partial charge in [0.25, 0.3) is 0 Å². The van der Waals surface area contributed by atoms with Crippen molar-refractivity contribution in [2.45, 2.75) is 46.1 Å². The van der Waals surface area contributed by atoms with E-state index in [2.05, 4.69) is 61.9 Å². The molecule has 106 valence electrons. The van der Waals surface area contributed by atoms with E-state index in [-0.39, 0.29) is 11.5 Å². The number of hydrogen-bond donors (Lipinski definition) is 1. The van der Waals surface area contributed by atoms with Crippen molar-refractivity contribution >= 4 is 0 Å². The molecule has 20 heavy (non-hydrogen) atoms. The summed E-state index contributed by atoms with van der Waals surface area (Å²) in [6.07, 6.45) is 4.68. The van der Waals surface area contributed by atoms with E-state index in [1.807, 2.05) is 0 Å². The van der Waals surface area contributed by atoms with Gasteiger partial charge in [0.1, 0.15) is 0 Å². The first-order valence-corrected chi connectivity index (χ1v) is 7.48. The SMILES string of the molecule is CCc1cccc(-n2ccc3c2CC(C)(C)CC3O)c1. The van der Waals surface area contributed by atoms with Crippen LogP contribution in [0.3, 0.4) is 0 Å². The third-order valence-corrected chi connectivity index (χ3v) is 4.38.